The van der Waals surface area contributed by atoms with Gasteiger partial charge in [0.2, 0.25) is 0 Å². The summed E-state index contributed by atoms with van der Waals surface area (Å²) in [6.07, 6.45) is 8.21. The number of benzene rings is 1. The fourth-order valence-electron chi connectivity index (χ4n) is 2.73. The highest BCUT2D eigenvalue weighted by molar-refractivity contribution is 7.85. The lowest BCUT2D eigenvalue weighted by atomic mass is 10.1. The van der Waals surface area contributed by atoms with Gasteiger partial charge in [-0.05, 0) is 37.1 Å². The number of pyridine rings is 1. The Labute approximate surface area is 156 Å². The lowest BCUT2D eigenvalue weighted by molar-refractivity contribution is -0.696. The molecule has 5 nitrogen and oxygen atoms in total. The first kappa shape index (κ1) is 20.1. The van der Waals surface area contributed by atoms with Crippen LogP contribution in [-0.4, -0.2) is 31.8 Å². The highest BCUT2D eigenvalue weighted by Crippen LogP contribution is 2.16. The third-order valence-electron chi connectivity index (χ3n) is 4.22. The standard InChI is InChI=1S/C20H26N2O3S/c1-3-22(4-2)20-10-8-18(9-11-20)6-7-19-12-15-21(16-13-19)14-5-17-26(23,24)25/h6-13,15-16H,3-5,14,17H2,1-2H3. The number of anilines is 1. The molecule has 0 radical (unpaired) electrons. The lowest BCUT2D eigenvalue weighted by Gasteiger charge is -2.20. The molecule has 0 unspecified atom stereocenters. The third-order valence-corrected chi connectivity index (χ3v) is 5.01. The Morgan fingerprint density at radius 1 is 0.962 bits per heavy atom. The topological polar surface area (TPSA) is 64.3 Å². The molecule has 1 heterocycles. The second kappa shape index (κ2) is 9.50. The minimum atomic E-state index is -4.13. The molecule has 1 aromatic carbocycles. The van der Waals surface area contributed by atoms with Gasteiger partial charge >= 0.3 is 0 Å². The van der Waals surface area contributed by atoms with Gasteiger partial charge < -0.3 is 9.45 Å². The maximum Gasteiger partial charge on any atom is 0.169 e. The van der Waals surface area contributed by atoms with E-state index in [1.807, 2.05) is 35.2 Å². The Morgan fingerprint density at radius 2 is 1.50 bits per heavy atom. The number of nitrogens with zero attached hydrogens (tertiary/aromatic N) is 2. The van der Waals surface area contributed by atoms with Gasteiger partial charge in [-0.15, -0.1) is 0 Å². The van der Waals surface area contributed by atoms with Gasteiger partial charge in [0, 0.05) is 43.1 Å². The molecule has 0 saturated carbocycles. The molecule has 140 valence electrons. The maximum atomic E-state index is 10.6. The summed E-state index contributed by atoms with van der Waals surface area (Å²) in [6.45, 7) is 6.81. The highest BCUT2D eigenvalue weighted by Gasteiger charge is 2.03. The molecule has 0 N–H and O–H groups in total. The monoisotopic (exact) mass is 374 g/mol. The minimum absolute atomic E-state index is 0.324. The summed E-state index contributed by atoms with van der Waals surface area (Å²) in [5, 5.41) is 0. The van der Waals surface area contributed by atoms with Crippen molar-refractivity contribution in [2.45, 2.75) is 26.8 Å². The molecule has 0 aliphatic carbocycles. The predicted molar refractivity (Wildman–Crippen MR) is 105 cm³/mol. The Balaban J connectivity index is 1.93. The van der Waals surface area contributed by atoms with E-state index in [1.165, 1.54) is 5.69 Å². The van der Waals surface area contributed by atoms with Crippen molar-refractivity contribution in [2.24, 2.45) is 0 Å². The zero-order valence-corrected chi connectivity index (χ0v) is 16.2. The molecule has 0 aliphatic rings. The molecule has 2 rings (SSSR count). The van der Waals surface area contributed by atoms with E-state index in [1.54, 1.807) is 0 Å². The van der Waals surface area contributed by atoms with Gasteiger partial charge in [-0.3, -0.25) is 0 Å². The molecule has 0 spiro atoms. The molecule has 6 heteroatoms. The lowest BCUT2D eigenvalue weighted by Crippen LogP contribution is -2.33. The van der Waals surface area contributed by atoms with Crippen LogP contribution < -0.4 is 9.47 Å². The van der Waals surface area contributed by atoms with E-state index in [4.69, 9.17) is 0 Å². The summed E-state index contributed by atoms with van der Waals surface area (Å²) in [4.78, 5) is 2.31. The first-order valence-electron chi connectivity index (χ1n) is 8.87. The van der Waals surface area contributed by atoms with Crippen molar-refractivity contribution in [2.75, 3.05) is 23.7 Å². The zero-order chi connectivity index (χ0) is 19.0. The van der Waals surface area contributed by atoms with Crippen molar-refractivity contribution >= 4 is 28.0 Å². The van der Waals surface area contributed by atoms with Crippen molar-refractivity contribution in [1.82, 2.24) is 0 Å². The minimum Gasteiger partial charge on any atom is -0.748 e. The van der Waals surface area contributed by atoms with E-state index < -0.39 is 10.1 Å². The van der Waals surface area contributed by atoms with Crippen molar-refractivity contribution in [3.05, 3.63) is 59.9 Å². The van der Waals surface area contributed by atoms with E-state index in [0.29, 0.717) is 13.0 Å². The molecule has 0 saturated heterocycles. The molecular formula is C20H26N2O3S. The molecule has 0 bridgehead atoms. The van der Waals surface area contributed by atoms with Crippen LogP contribution in [0.1, 0.15) is 31.4 Å². The van der Waals surface area contributed by atoms with Crippen LogP contribution in [0.15, 0.2) is 48.8 Å². The first-order chi connectivity index (χ1) is 12.4. The van der Waals surface area contributed by atoms with Crippen molar-refractivity contribution < 1.29 is 17.5 Å². The van der Waals surface area contributed by atoms with Crippen LogP contribution in [-0.2, 0) is 16.7 Å². The Bertz CT molecular complexity index is 809. The number of hydrogen-bond donors (Lipinski definition) is 0. The fraction of sp³-hybridized carbons (Fsp3) is 0.350. The highest BCUT2D eigenvalue weighted by atomic mass is 32.2. The first-order valence-corrected chi connectivity index (χ1v) is 10.4. The molecule has 26 heavy (non-hydrogen) atoms. The average molecular weight is 375 g/mol. The molecular weight excluding hydrogens is 348 g/mol. The van der Waals surface area contributed by atoms with Crippen LogP contribution in [0.4, 0.5) is 5.69 Å². The molecule has 2 aromatic rings. The SMILES string of the molecule is CCN(CC)c1ccc(/C=C/c2cc[n+](CCCS(=O)(=O)[O-])cc2)cc1. The van der Waals surface area contributed by atoms with Crippen molar-refractivity contribution in [3.63, 3.8) is 0 Å². The summed E-state index contributed by atoms with van der Waals surface area (Å²) in [6, 6.07) is 12.4. The average Bonchev–Trinajstić information content (AvgIpc) is 2.62. The van der Waals surface area contributed by atoms with Crippen LogP contribution in [0, 0.1) is 0 Å². The predicted octanol–water partition coefficient (Wildman–Crippen LogP) is 2.93. The van der Waals surface area contributed by atoms with E-state index in [9.17, 15) is 13.0 Å². The largest absolute Gasteiger partial charge is 0.748 e. The zero-order valence-electron chi connectivity index (χ0n) is 15.3. The van der Waals surface area contributed by atoms with Gasteiger partial charge in [0.25, 0.3) is 0 Å². The van der Waals surface area contributed by atoms with Gasteiger partial charge in [0.05, 0.1) is 10.1 Å². The van der Waals surface area contributed by atoms with Crippen molar-refractivity contribution in [1.29, 1.82) is 0 Å². The fourth-order valence-corrected chi connectivity index (χ4v) is 3.21. The number of aryl methyl sites for hydroxylation is 1. The normalized spacial score (nSPS) is 11.8. The smallest absolute Gasteiger partial charge is 0.169 e. The number of rotatable bonds is 9. The van der Waals surface area contributed by atoms with E-state index >= 15 is 0 Å². The Hall–Kier alpha value is -2.18. The Morgan fingerprint density at radius 3 is 2.00 bits per heavy atom. The van der Waals surface area contributed by atoms with Crippen LogP contribution in [0.5, 0.6) is 0 Å². The number of aromatic nitrogens is 1. The maximum absolute atomic E-state index is 10.6. The van der Waals surface area contributed by atoms with Crippen LogP contribution >= 0.6 is 0 Å². The summed E-state index contributed by atoms with van der Waals surface area (Å²) in [5.74, 6) is -0.328. The summed E-state index contributed by atoms with van der Waals surface area (Å²) < 4.78 is 33.7. The third kappa shape index (κ3) is 6.61. The van der Waals surface area contributed by atoms with Crippen molar-refractivity contribution in [3.8, 4) is 0 Å². The van der Waals surface area contributed by atoms with E-state index in [-0.39, 0.29) is 5.75 Å². The molecule has 0 atom stereocenters. The van der Waals surface area contributed by atoms with Crippen LogP contribution in [0.3, 0.4) is 0 Å². The quantitative estimate of drug-likeness (QED) is 0.500. The van der Waals surface area contributed by atoms with Gasteiger partial charge in [-0.25, -0.2) is 13.0 Å². The molecule has 0 aliphatic heterocycles. The summed E-state index contributed by atoms with van der Waals surface area (Å²) in [5.41, 5.74) is 3.43. The molecule has 0 fully saturated rings. The van der Waals surface area contributed by atoms with Gasteiger partial charge in [-0.1, -0.05) is 24.3 Å². The van der Waals surface area contributed by atoms with Crippen LogP contribution in [0.25, 0.3) is 12.2 Å². The summed E-state index contributed by atoms with van der Waals surface area (Å²) in [7, 11) is -4.13. The van der Waals surface area contributed by atoms with Gasteiger partial charge in [0.1, 0.15) is 6.54 Å². The molecule has 1 aromatic heterocycles. The molecule has 0 amide bonds. The Kier molecular flexibility index (Phi) is 7.36. The second-order valence-electron chi connectivity index (χ2n) is 6.08. The van der Waals surface area contributed by atoms with Gasteiger partial charge in [0.15, 0.2) is 12.4 Å². The summed E-state index contributed by atoms with van der Waals surface area (Å²) >= 11 is 0. The van der Waals surface area contributed by atoms with E-state index in [0.717, 1.165) is 24.2 Å². The van der Waals surface area contributed by atoms with E-state index in [2.05, 4.69) is 49.1 Å². The second-order valence-corrected chi connectivity index (χ2v) is 7.61. The number of hydrogen-bond acceptors (Lipinski definition) is 4. The van der Waals surface area contributed by atoms with Gasteiger partial charge in [-0.2, -0.15) is 0 Å². The van der Waals surface area contributed by atoms with Crippen LogP contribution in [0.2, 0.25) is 0 Å².